The van der Waals surface area contributed by atoms with Crippen molar-refractivity contribution in [3.63, 3.8) is 0 Å². The van der Waals surface area contributed by atoms with Crippen LogP contribution in [0, 0.1) is 0 Å². The van der Waals surface area contributed by atoms with Gasteiger partial charge >= 0.3 is 0 Å². The van der Waals surface area contributed by atoms with Gasteiger partial charge in [0, 0.05) is 0 Å². The standard InChI is InChI=1S/C16H35N.C2H6O2/c1-2-3-4-5-6-7-8-9-10-11-12-13-14-15-16-17;3-1-2-4/h2-17H2,1H3;3-4H,1-2H2. The van der Waals surface area contributed by atoms with E-state index in [0.29, 0.717) is 0 Å². The summed E-state index contributed by atoms with van der Waals surface area (Å²) in [4.78, 5) is 0. The Hall–Kier alpha value is -0.120. The lowest BCUT2D eigenvalue weighted by atomic mass is 10.0. The van der Waals surface area contributed by atoms with Crippen molar-refractivity contribution in [3.8, 4) is 0 Å². The molecule has 0 aliphatic heterocycles. The Morgan fingerprint density at radius 3 is 1.05 bits per heavy atom. The summed E-state index contributed by atoms with van der Waals surface area (Å²) in [6, 6.07) is 0. The van der Waals surface area contributed by atoms with Crippen molar-refractivity contribution >= 4 is 0 Å². The molecule has 0 rings (SSSR count). The van der Waals surface area contributed by atoms with Crippen molar-refractivity contribution in [2.45, 2.75) is 96.8 Å². The van der Waals surface area contributed by atoms with Crippen molar-refractivity contribution in [1.82, 2.24) is 0 Å². The van der Waals surface area contributed by atoms with Gasteiger partial charge in [-0.1, -0.05) is 90.4 Å². The summed E-state index contributed by atoms with van der Waals surface area (Å²) in [5.41, 5.74) is 5.47. The minimum atomic E-state index is -0.125. The minimum Gasteiger partial charge on any atom is -0.394 e. The third-order valence-corrected chi connectivity index (χ3v) is 3.66. The maximum atomic E-state index is 7.62. The third-order valence-electron chi connectivity index (χ3n) is 3.66. The Labute approximate surface area is 133 Å². The molecule has 0 aliphatic rings. The highest BCUT2D eigenvalue weighted by Gasteiger charge is 1.93. The topological polar surface area (TPSA) is 66.5 Å². The number of aliphatic hydroxyl groups excluding tert-OH is 2. The van der Waals surface area contributed by atoms with Crippen molar-refractivity contribution in [2.75, 3.05) is 19.8 Å². The molecule has 0 unspecified atom stereocenters. The van der Waals surface area contributed by atoms with E-state index in [2.05, 4.69) is 6.92 Å². The highest BCUT2D eigenvalue weighted by molar-refractivity contribution is 4.49. The van der Waals surface area contributed by atoms with Gasteiger partial charge in [0.2, 0.25) is 0 Å². The van der Waals surface area contributed by atoms with Crippen LogP contribution in [0.3, 0.4) is 0 Å². The molecule has 0 aromatic heterocycles. The van der Waals surface area contributed by atoms with Crippen molar-refractivity contribution in [1.29, 1.82) is 0 Å². The molecule has 0 heterocycles. The molecule has 4 N–H and O–H groups in total. The maximum Gasteiger partial charge on any atom is 0.0662 e. The zero-order valence-electron chi connectivity index (χ0n) is 14.5. The summed E-state index contributed by atoms with van der Waals surface area (Å²) < 4.78 is 0. The van der Waals surface area contributed by atoms with Gasteiger partial charge in [-0.2, -0.15) is 0 Å². The van der Waals surface area contributed by atoms with E-state index in [1.165, 1.54) is 89.9 Å². The van der Waals surface area contributed by atoms with Crippen LogP contribution in [0.25, 0.3) is 0 Å². The molecule has 0 spiro atoms. The molecule has 3 nitrogen and oxygen atoms in total. The molecule has 0 saturated heterocycles. The van der Waals surface area contributed by atoms with Crippen LogP contribution in [0.4, 0.5) is 0 Å². The van der Waals surface area contributed by atoms with Crippen LogP contribution in [-0.2, 0) is 0 Å². The molecule has 0 aliphatic carbocycles. The summed E-state index contributed by atoms with van der Waals surface area (Å²) in [7, 11) is 0. The van der Waals surface area contributed by atoms with E-state index in [-0.39, 0.29) is 13.2 Å². The van der Waals surface area contributed by atoms with Gasteiger partial charge in [0.25, 0.3) is 0 Å². The molecule has 0 radical (unpaired) electrons. The van der Waals surface area contributed by atoms with Crippen LogP contribution in [-0.4, -0.2) is 30.0 Å². The lowest BCUT2D eigenvalue weighted by molar-refractivity contribution is 0.186. The largest absolute Gasteiger partial charge is 0.394 e. The first-order chi connectivity index (χ1) is 10.3. The number of nitrogens with two attached hydrogens (primary N) is 1. The third kappa shape index (κ3) is 28.7. The SMILES string of the molecule is CCCCCCCCCCCCCCCCN.OCCO. The minimum absolute atomic E-state index is 0.125. The van der Waals surface area contributed by atoms with Gasteiger partial charge in [-0.15, -0.1) is 0 Å². The summed E-state index contributed by atoms with van der Waals surface area (Å²) in [6.45, 7) is 2.91. The first-order valence-corrected chi connectivity index (χ1v) is 9.25. The number of hydrogen-bond donors (Lipinski definition) is 3. The lowest BCUT2D eigenvalue weighted by Crippen LogP contribution is -1.97. The van der Waals surface area contributed by atoms with Crippen LogP contribution in [0.1, 0.15) is 96.8 Å². The van der Waals surface area contributed by atoms with Crippen LogP contribution >= 0.6 is 0 Å². The van der Waals surface area contributed by atoms with Crippen molar-refractivity contribution in [2.24, 2.45) is 5.73 Å². The second kappa shape index (κ2) is 24.9. The predicted octanol–water partition coefficient (Wildman–Crippen LogP) is 4.40. The second-order valence-corrected chi connectivity index (χ2v) is 5.83. The van der Waals surface area contributed by atoms with Crippen molar-refractivity contribution < 1.29 is 10.2 Å². The highest BCUT2D eigenvalue weighted by atomic mass is 16.3. The van der Waals surface area contributed by atoms with Gasteiger partial charge in [0.05, 0.1) is 13.2 Å². The zero-order chi connectivity index (χ0) is 16.0. The smallest absolute Gasteiger partial charge is 0.0662 e. The number of hydrogen-bond acceptors (Lipinski definition) is 3. The fourth-order valence-corrected chi connectivity index (χ4v) is 2.34. The molecular weight excluding hydrogens is 262 g/mol. The molecule has 0 aromatic rings. The summed E-state index contributed by atoms with van der Waals surface area (Å²) in [5.74, 6) is 0. The molecule has 0 atom stereocenters. The maximum absolute atomic E-state index is 7.62. The molecule has 0 aromatic carbocycles. The van der Waals surface area contributed by atoms with E-state index in [9.17, 15) is 0 Å². The monoisotopic (exact) mass is 303 g/mol. The number of unbranched alkanes of at least 4 members (excludes halogenated alkanes) is 13. The molecule has 0 bridgehead atoms. The Morgan fingerprint density at radius 2 is 0.810 bits per heavy atom. The molecule has 0 saturated carbocycles. The Bertz CT molecular complexity index is 138. The molecule has 0 amide bonds. The molecule has 3 heteroatoms. The molecule has 130 valence electrons. The lowest BCUT2D eigenvalue weighted by Gasteiger charge is -2.02. The van der Waals surface area contributed by atoms with Crippen molar-refractivity contribution in [3.05, 3.63) is 0 Å². The van der Waals surface area contributed by atoms with E-state index < -0.39 is 0 Å². The van der Waals surface area contributed by atoms with Gasteiger partial charge in [-0.05, 0) is 13.0 Å². The highest BCUT2D eigenvalue weighted by Crippen LogP contribution is 2.12. The van der Waals surface area contributed by atoms with E-state index in [0.717, 1.165) is 6.54 Å². The van der Waals surface area contributed by atoms with Crippen LogP contribution in [0.2, 0.25) is 0 Å². The number of aliphatic hydroxyl groups is 2. The first kappa shape index (κ1) is 23.2. The van der Waals surface area contributed by atoms with E-state index in [1.54, 1.807) is 0 Å². The Kier molecular flexibility index (Phi) is 27.4. The van der Waals surface area contributed by atoms with E-state index >= 15 is 0 Å². The average molecular weight is 304 g/mol. The Balaban J connectivity index is 0. The van der Waals surface area contributed by atoms with Gasteiger partial charge in [-0.25, -0.2) is 0 Å². The van der Waals surface area contributed by atoms with Gasteiger partial charge in [0.15, 0.2) is 0 Å². The summed E-state index contributed by atoms with van der Waals surface area (Å²) in [6.07, 6.45) is 19.9. The van der Waals surface area contributed by atoms with Crippen LogP contribution in [0.15, 0.2) is 0 Å². The fourth-order valence-electron chi connectivity index (χ4n) is 2.34. The molecular formula is C18H41NO2. The average Bonchev–Trinajstić information content (AvgIpc) is 2.52. The molecule has 21 heavy (non-hydrogen) atoms. The normalized spacial score (nSPS) is 10.3. The van der Waals surface area contributed by atoms with E-state index in [1.807, 2.05) is 0 Å². The first-order valence-electron chi connectivity index (χ1n) is 9.25. The van der Waals surface area contributed by atoms with Gasteiger partial charge < -0.3 is 15.9 Å². The van der Waals surface area contributed by atoms with E-state index in [4.69, 9.17) is 15.9 Å². The quantitative estimate of drug-likeness (QED) is 0.393. The van der Waals surface area contributed by atoms with Crippen LogP contribution in [0.5, 0.6) is 0 Å². The Morgan fingerprint density at radius 1 is 0.524 bits per heavy atom. The number of rotatable bonds is 15. The van der Waals surface area contributed by atoms with Crippen LogP contribution < -0.4 is 5.73 Å². The molecule has 0 fully saturated rings. The summed E-state index contributed by atoms with van der Waals surface area (Å²) >= 11 is 0. The second-order valence-electron chi connectivity index (χ2n) is 5.83. The van der Waals surface area contributed by atoms with Gasteiger partial charge in [-0.3, -0.25) is 0 Å². The predicted molar refractivity (Wildman–Crippen MR) is 93.5 cm³/mol. The summed E-state index contributed by atoms with van der Waals surface area (Å²) in [5, 5.41) is 15.2. The van der Waals surface area contributed by atoms with Gasteiger partial charge in [0.1, 0.15) is 0 Å². The fraction of sp³-hybridized carbons (Fsp3) is 1.00. The zero-order valence-corrected chi connectivity index (χ0v) is 14.5.